The topological polar surface area (TPSA) is 79.5 Å². The van der Waals surface area contributed by atoms with E-state index >= 15 is 0 Å². The quantitative estimate of drug-likeness (QED) is 0.897. The van der Waals surface area contributed by atoms with Gasteiger partial charge < -0.3 is 19.9 Å². The van der Waals surface area contributed by atoms with Crippen molar-refractivity contribution in [2.75, 3.05) is 27.1 Å². The third-order valence-corrected chi connectivity index (χ3v) is 2.71. The van der Waals surface area contributed by atoms with Gasteiger partial charge in [-0.25, -0.2) is 9.97 Å². The molecule has 0 bridgehead atoms. The Morgan fingerprint density at radius 3 is 2.15 bits per heavy atom. The summed E-state index contributed by atoms with van der Waals surface area (Å²) in [5.74, 6) is 2.29. The van der Waals surface area contributed by atoms with Crippen LogP contribution in [0.25, 0.3) is 11.3 Å². The largest absolute Gasteiger partial charge is 0.497 e. The van der Waals surface area contributed by atoms with E-state index in [-0.39, 0.29) is 0 Å². The first-order chi connectivity index (χ1) is 9.66. The molecule has 0 fully saturated rings. The van der Waals surface area contributed by atoms with E-state index in [1.807, 2.05) is 12.1 Å². The van der Waals surface area contributed by atoms with Crippen LogP contribution in [0, 0.1) is 0 Å². The summed E-state index contributed by atoms with van der Waals surface area (Å²) in [6.45, 7) is 0.305. The minimum Gasteiger partial charge on any atom is -0.497 e. The smallest absolute Gasteiger partial charge is 0.157 e. The third kappa shape index (κ3) is 3.16. The van der Waals surface area contributed by atoms with Crippen LogP contribution in [-0.4, -0.2) is 31.3 Å². The Balaban J connectivity index is 2.49. The van der Waals surface area contributed by atoms with Gasteiger partial charge in [0.05, 0.1) is 19.9 Å². The summed E-state index contributed by atoms with van der Waals surface area (Å²) in [6, 6.07) is 7.22. The Morgan fingerprint density at radius 2 is 1.60 bits per heavy atom. The van der Waals surface area contributed by atoms with Crippen LogP contribution in [0.4, 0.5) is 5.82 Å². The van der Waals surface area contributed by atoms with Crippen molar-refractivity contribution in [3.8, 4) is 22.8 Å². The maximum Gasteiger partial charge on any atom is 0.157 e. The molecular weight excluding hydrogens is 258 g/mol. The lowest BCUT2D eigenvalue weighted by molar-refractivity contribution is 0.178. The minimum atomic E-state index is 0.305. The molecule has 20 heavy (non-hydrogen) atoms. The third-order valence-electron chi connectivity index (χ3n) is 2.71. The second-order valence-electron chi connectivity index (χ2n) is 4.13. The van der Waals surface area contributed by atoms with Gasteiger partial charge in [-0.15, -0.1) is 0 Å². The van der Waals surface area contributed by atoms with E-state index < -0.39 is 0 Å². The van der Waals surface area contributed by atoms with Gasteiger partial charge in [-0.05, 0) is 12.1 Å². The fourth-order valence-electron chi connectivity index (χ4n) is 1.81. The first-order valence-electron chi connectivity index (χ1n) is 6.02. The van der Waals surface area contributed by atoms with Crippen molar-refractivity contribution in [2.45, 2.75) is 6.61 Å². The summed E-state index contributed by atoms with van der Waals surface area (Å²) < 4.78 is 15.5. The number of hydrogen-bond acceptors (Lipinski definition) is 6. The standard InChI is InChI=1S/C14H17N3O3/c1-18-8-14-16-12(7-13(15)17-14)9-4-10(19-2)6-11(5-9)20-3/h4-7H,8H2,1-3H3,(H2,15,16,17). The molecule has 0 atom stereocenters. The first-order valence-corrected chi connectivity index (χ1v) is 6.02. The number of aromatic nitrogens is 2. The molecule has 1 heterocycles. The zero-order chi connectivity index (χ0) is 14.5. The fourth-order valence-corrected chi connectivity index (χ4v) is 1.81. The van der Waals surface area contributed by atoms with Crippen molar-refractivity contribution in [3.05, 3.63) is 30.1 Å². The summed E-state index contributed by atoms with van der Waals surface area (Å²) in [5.41, 5.74) is 7.34. The molecule has 2 rings (SSSR count). The van der Waals surface area contributed by atoms with Gasteiger partial charge in [0.15, 0.2) is 5.82 Å². The van der Waals surface area contributed by atoms with Crippen LogP contribution in [0.5, 0.6) is 11.5 Å². The van der Waals surface area contributed by atoms with E-state index in [1.54, 1.807) is 33.5 Å². The second kappa shape index (κ2) is 6.21. The first kappa shape index (κ1) is 14.1. The number of benzene rings is 1. The molecular formula is C14H17N3O3. The highest BCUT2D eigenvalue weighted by atomic mass is 16.5. The van der Waals surface area contributed by atoms with Crippen LogP contribution < -0.4 is 15.2 Å². The Kier molecular flexibility index (Phi) is 4.37. The number of nitrogen functional groups attached to an aromatic ring is 1. The van der Waals surface area contributed by atoms with Gasteiger partial charge >= 0.3 is 0 Å². The normalized spacial score (nSPS) is 10.3. The molecule has 1 aromatic carbocycles. The summed E-state index contributed by atoms with van der Waals surface area (Å²) in [6.07, 6.45) is 0. The summed E-state index contributed by atoms with van der Waals surface area (Å²) >= 11 is 0. The minimum absolute atomic E-state index is 0.305. The molecule has 2 aromatic rings. The zero-order valence-electron chi connectivity index (χ0n) is 11.7. The molecule has 0 saturated heterocycles. The van der Waals surface area contributed by atoms with Gasteiger partial charge in [-0.3, -0.25) is 0 Å². The number of methoxy groups -OCH3 is 3. The van der Waals surface area contributed by atoms with E-state index in [2.05, 4.69) is 9.97 Å². The maximum absolute atomic E-state index is 5.80. The summed E-state index contributed by atoms with van der Waals surface area (Å²) in [7, 11) is 4.79. The van der Waals surface area contributed by atoms with Crippen molar-refractivity contribution in [3.63, 3.8) is 0 Å². The van der Waals surface area contributed by atoms with Gasteiger partial charge in [-0.2, -0.15) is 0 Å². The monoisotopic (exact) mass is 275 g/mol. The van der Waals surface area contributed by atoms with Gasteiger partial charge in [-0.1, -0.05) is 0 Å². The predicted molar refractivity (Wildman–Crippen MR) is 75.7 cm³/mol. The zero-order valence-corrected chi connectivity index (χ0v) is 11.7. The molecule has 2 N–H and O–H groups in total. The van der Waals surface area contributed by atoms with Crippen molar-refractivity contribution >= 4 is 5.82 Å². The molecule has 1 aromatic heterocycles. The molecule has 0 amide bonds. The Labute approximate surface area is 117 Å². The summed E-state index contributed by atoms with van der Waals surface area (Å²) in [5, 5.41) is 0. The highest BCUT2D eigenvalue weighted by molar-refractivity contribution is 5.65. The van der Waals surface area contributed by atoms with Crippen LogP contribution in [0.15, 0.2) is 24.3 Å². The molecule has 0 aliphatic rings. The molecule has 0 aliphatic carbocycles. The Bertz CT molecular complexity index is 580. The average molecular weight is 275 g/mol. The van der Waals surface area contributed by atoms with Crippen LogP contribution >= 0.6 is 0 Å². The van der Waals surface area contributed by atoms with Crippen LogP contribution in [0.2, 0.25) is 0 Å². The van der Waals surface area contributed by atoms with Crippen LogP contribution in [-0.2, 0) is 11.3 Å². The number of rotatable bonds is 5. The van der Waals surface area contributed by atoms with Crippen molar-refractivity contribution < 1.29 is 14.2 Å². The van der Waals surface area contributed by atoms with Gasteiger partial charge in [0.1, 0.15) is 23.9 Å². The molecule has 0 radical (unpaired) electrons. The molecule has 6 nitrogen and oxygen atoms in total. The van der Waals surface area contributed by atoms with Crippen molar-refractivity contribution in [2.24, 2.45) is 0 Å². The van der Waals surface area contributed by atoms with Gasteiger partial charge in [0, 0.05) is 24.8 Å². The molecule has 6 heteroatoms. The highest BCUT2D eigenvalue weighted by Gasteiger charge is 2.08. The molecule has 0 aliphatic heterocycles. The van der Waals surface area contributed by atoms with Gasteiger partial charge in [0.25, 0.3) is 0 Å². The van der Waals surface area contributed by atoms with Gasteiger partial charge in [0.2, 0.25) is 0 Å². The molecule has 0 saturated carbocycles. The molecule has 106 valence electrons. The average Bonchev–Trinajstić information content (AvgIpc) is 2.46. The maximum atomic E-state index is 5.80. The number of nitrogens with two attached hydrogens (primary N) is 1. The lowest BCUT2D eigenvalue weighted by atomic mass is 10.1. The lowest BCUT2D eigenvalue weighted by Gasteiger charge is -2.09. The van der Waals surface area contributed by atoms with Crippen molar-refractivity contribution in [1.29, 1.82) is 0 Å². The van der Waals surface area contributed by atoms with Crippen molar-refractivity contribution in [1.82, 2.24) is 9.97 Å². The van der Waals surface area contributed by atoms with Crippen LogP contribution in [0.3, 0.4) is 0 Å². The Morgan fingerprint density at radius 1 is 0.950 bits per heavy atom. The summed E-state index contributed by atoms with van der Waals surface area (Å²) in [4.78, 5) is 8.53. The molecule has 0 unspecified atom stereocenters. The number of anilines is 1. The molecule has 0 spiro atoms. The number of ether oxygens (including phenoxy) is 3. The second-order valence-corrected chi connectivity index (χ2v) is 4.13. The van der Waals surface area contributed by atoms with E-state index in [4.69, 9.17) is 19.9 Å². The SMILES string of the molecule is COCc1nc(N)cc(-c2cc(OC)cc(OC)c2)n1. The van der Waals surface area contributed by atoms with E-state index in [0.717, 1.165) is 5.56 Å². The number of nitrogens with zero attached hydrogens (tertiary/aromatic N) is 2. The highest BCUT2D eigenvalue weighted by Crippen LogP contribution is 2.29. The van der Waals surface area contributed by atoms with Crippen LogP contribution in [0.1, 0.15) is 5.82 Å². The number of hydrogen-bond donors (Lipinski definition) is 1. The van der Waals surface area contributed by atoms with E-state index in [9.17, 15) is 0 Å². The Hall–Kier alpha value is -2.34. The predicted octanol–water partition coefficient (Wildman–Crippen LogP) is 1.89. The lowest BCUT2D eigenvalue weighted by Crippen LogP contribution is -2.02. The fraction of sp³-hybridized carbons (Fsp3) is 0.286. The van der Waals surface area contributed by atoms with E-state index in [0.29, 0.717) is 35.4 Å². The van der Waals surface area contributed by atoms with E-state index in [1.165, 1.54) is 0 Å².